The summed E-state index contributed by atoms with van der Waals surface area (Å²) in [6.45, 7) is 2.27. The molecule has 2 aliphatic rings. The van der Waals surface area contributed by atoms with Gasteiger partial charge in [-0.05, 0) is 49.5 Å². The molecule has 2 rings (SSSR count). The Morgan fingerprint density at radius 2 is 2.20 bits per heavy atom. The first kappa shape index (κ1) is 11.0. The third kappa shape index (κ3) is 2.96. The van der Waals surface area contributed by atoms with Gasteiger partial charge in [0.1, 0.15) is 0 Å². The van der Waals surface area contributed by atoms with E-state index in [0.29, 0.717) is 0 Å². The van der Waals surface area contributed by atoms with E-state index in [2.05, 4.69) is 25.2 Å². The highest BCUT2D eigenvalue weighted by atomic mass is 14.4. The van der Waals surface area contributed by atoms with Crippen LogP contribution in [0, 0.1) is 11.8 Å². The van der Waals surface area contributed by atoms with Crippen LogP contribution in [0.1, 0.15) is 58.3 Å². The maximum Gasteiger partial charge on any atom is -0.0159 e. The van der Waals surface area contributed by atoms with Crippen molar-refractivity contribution in [2.45, 2.75) is 58.3 Å². The average Bonchev–Trinajstić information content (AvgIpc) is 2.85. The Bertz CT molecular complexity index is 247. The van der Waals surface area contributed by atoms with Crippen molar-refractivity contribution >= 4 is 0 Å². The molecule has 0 aromatic heterocycles. The summed E-state index contributed by atoms with van der Waals surface area (Å²) >= 11 is 0. The lowest BCUT2D eigenvalue weighted by atomic mass is 9.98. The summed E-state index contributed by atoms with van der Waals surface area (Å²) in [6.07, 6.45) is 18.5. The minimum Gasteiger partial charge on any atom is -0.0843 e. The van der Waals surface area contributed by atoms with Crippen LogP contribution in [0.5, 0.6) is 0 Å². The third-order valence-electron chi connectivity index (χ3n) is 3.91. The molecule has 1 fully saturated rings. The van der Waals surface area contributed by atoms with Crippen molar-refractivity contribution in [2.24, 2.45) is 11.8 Å². The molecule has 2 unspecified atom stereocenters. The van der Waals surface area contributed by atoms with Crippen molar-refractivity contribution in [3.63, 3.8) is 0 Å². The Hall–Kier alpha value is -0.520. The lowest BCUT2D eigenvalue weighted by molar-refractivity contribution is 0.665. The molecule has 0 amide bonds. The van der Waals surface area contributed by atoms with E-state index in [9.17, 15) is 0 Å². The molecule has 0 aromatic rings. The van der Waals surface area contributed by atoms with E-state index in [1.54, 1.807) is 5.57 Å². The maximum atomic E-state index is 2.52. The molecular formula is C15H24. The highest BCUT2D eigenvalue weighted by molar-refractivity contribution is 5.29. The summed E-state index contributed by atoms with van der Waals surface area (Å²) in [4.78, 5) is 0. The zero-order valence-electron chi connectivity index (χ0n) is 10.0. The van der Waals surface area contributed by atoms with E-state index >= 15 is 0 Å². The van der Waals surface area contributed by atoms with Gasteiger partial charge in [-0.15, -0.1) is 0 Å². The van der Waals surface area contributed by atoms with Crippen LogP contribution in [0.4, 0.5) is 0 Å². The largest absolute Gasteiger partial charge is 0.0843 e. The number of fused-ring (bicyclic) bond motifs is 2. The van der Waals surface area contributed by atoms with E-state index in [1.165, 1.54) is 51.4 Å². The summed E-state index contributed by atoms with van der Waals surface area (Å²) in [7, 11) is 0. The van der Waals surface area contributed by atoms with Crippen LogP contribution in [0.25, 0.3) is 0 Å². The first-order valence-corrected chi connectivity index (χ1v) is 6.78. The quantitative estimate of drug-likeness (QED) is 0.541. The zero-order chi connectivity index (χ0) is 10.5. The zero-order valence-corrected chi connectivity index (χ0v) is 10.0. The van der Waals surface area contributed by atoms with Gasteiger partial charge in [-0.1, -0.05) is 44.4 Å². The Balaban J connectivity index is 1.65. The van der Waals surface area contributed by atoms with Crippen molar-refractivity contribution in [1.82, 2.24) is 0 Å². The Labute approximate surface area is 94.5 Å². The molecule has 2 aliphatic carbocycles. The summed E-state index contributed by atoms with van der Waals surface area (Å²) in [5.41, 5.74) is 1.65. The average molecular weight is 204 g/mol. The maximum absolute atomic E-state index is 2.52. The Morgan fingerprint density at radius 3 is 2.87 bits per heavy atom. The summed E-state index contributed by atoms with van der Waals surface area (Å²) in [5, 5.41) is 0. The van der Waals surface area contributed by atoms with Gasteiger partial charge in [-0.25, -0.2) is 0 Å². The van der Waals surface area contributed by atoms with Gasteiger partial charge in [0.05, 0.1) is 0 Å². The summed E-state index contributed by atoms with van der Waals surface area (Å²) < 4.78 is 0. The van der Waals surface area contributed by atoms with E-state index in [-0.39, 0.29) is 0 Å². The Morgan fingerprint density at radius 1 is 1.27 bits per heavy atom. The van der Waals surface area contributed by atoms with Gasteiger partial charge in [0.25, 0.3) is 0 Å². The molecule has 2 atom stereocenters. The molecule has 0 nitrogen and oxygen atoms in total. The number of allylic oxidation sites excluding steroid dienone is 4. The van der Waals surface area contributed by atoms with E-state index < -0.39 is 0 Å². The van der Waals surface area contributed by atoms with Crippen LogP contribution < -0.4 is 0 Å². The standard InChI is InChI=1S/C15H24/c1-2-3-4-5-6-7-8-14-11-13-9-10-15(14)12-13/h7-8,11,13,15H,2-6,9-10,12H2,1H3. The van der Waals surface area contributed by atoms with Gasteiger partial charge in [-0.3, -0.25) is 0 Å². The second kappa shape index (κ2) is 5.53. The van der Waals surface area contributed by atoms with Crippen LogP contribution in [0.15, 0.2) is 23.8 Å². The lowest BCUT2D eigenvalue weighted by Gasteiger charge is -2.08. The molecule has 0 heterocycles. The predicted octanol–water partition coefficient (Wildman–Crippen LogP) is 4.87. The third-order valence-corrected chi connectivity index (χ3v) is 3.91. The first-order chi connectivity index (χ1) is 7.40. The van der Waals surface area contributed by atoms with Gasteiger partial charge in [0.2, 0.25) is 0 Å². The fourth-order valence-electron chi connectivity index (χ4n) is 2.98. The molecular weight excluding hydrogens is 180 g/mol. The van der Waals surface area contributed by atoms with Crippen LogP contribution in [-0.2, 0) is 0 Å². The normalized spacial score (nSPS) is 29.0. The topological polar surface area (TPSA) is 0 Å². The van der Waals surface area contributed by atoms with E-state index in [4.69, 9.17) is 0 Å². The van der Waals surface area contributed by atoms with Crippen molar-refractivity contribution in [3.8, 4) is 0 Å². The predicted molar refractivity (Wildman–Crippen MR) is 66.8 cm³/mol. The molecule has 0 spiro atoms. The molecule has 1 saturated carbocycles. The smallest absolute Gasteiger partial charge is 0.0159 e. The molecule has 15 heavy (non-hydrogen) atoms. The second-order valence-corrected chi connectivity index (χ2v) is 5.19. The van der Waals surface area contributed by atoms with E-state index in [0.717, 1.165) is 11.8 Å². The van der Waals surface area contributed by atoms with Gasteiger partial charge in [0, 0.05) is 0 Å². The van der Waals surface area contributed by atoms with Gasteiger partial charge >= 0.3 is 0 Å². The van der Waals surface area contributed by atoms with Crippen molar-refractivity contribution < 1.29 is 0 Å². The lowest BCUT2D eigenvalue weighted by Crippen LogP contribution is -1.93. The number of hydrogen-bond donors (Lipinski definition) is 0. The fraction of sp³-hybridized carbons (Fsp3) is 0.733. The highest BCUT2D eigenvalue weighted by Crippen LogP contribution is 2.44. The van der Waals surface area contributed by atoms with Crippen LogP contribution in [-0.4, -0.2) is 0 Å². The van der Waals surface area contributed by atoms with E-state index in [1.807, 2.05) is 0 Å². The molecule has 0 saturated heterocycles. The Kier molecular flexibility index (Phi) is 4.05. The minimum absolute atomic E-state index is 0.932. The molecule has 0 aliphatic heterocycles. The highest BCUT2D eigenvalue weighted by Gasteiger charge is 2.30. The van der Waals surface area contributed by atoms with Crippen molar-refractivity contribution in [1.29, 1.82) is 0 Å². The first-order valence-electron chi connectivity index (χ1n) is 6.78. The summed E-state index contributed by atoms with van der Waals surface area (Å²) in [6, 6.07) is 0. The van der Waals surface area contributed by atoms with Crippen molar-refractivity contribution in [2.75, 3.05) is 0 Å². The molecule has 0 aromatic carbocycles. The van der Waals surface area contributed by atoms with Gasteiger partial charge in [-0.2, -0.15) is 0 Å². The number of hydrogen-bond acceptors (Lipinski definition) is 0. The SMILES string of the molecule is CCCCCCC=CC1=CC2CCC1C2. The minimum atomic E-state index is 0.932. The van der Waals surface area contributed by atoms with Crippen LogP contribution in [0.2, 0.25) is 0 Å². The second-order valence-electron chi connectivity index (χ2n) is 5.19. The fourth-order valence-corrected chi connectivity index (χ4v) is 2.98. The number of rotatable bonds is 6. The molecule has 0 radical (unpaired) electrons. The van der Waals surface area contributed by atoms with Crippen LogP contribution >= 0.6 is 0 Å². The van der Waals surface area contributed by atoms with Crippen LogP contribution in [0.3, 0.4) is 0 Å². The molecule has 84 valence electrons. The molecule has 0 N–H and O–H groups in total. The molecule has 0 heteroatoms. The van der Waals surface area contributed by atoms with Gasteiger partial charge < -0.3 is 0 Å². The number of unbranched alkanes of at least 4 members (excludes halogenated alkanes) is 4. The van der Waals surface area contributed by atoms with Crippen molar-refractivity contribution in [3.05, 3.63) is 23.8 Å². The van der Waals surface area contributed by atoms with Gasteiger partial charge in [0.15, 0.2) is 0 Å². The monoisotopic (exact) mass is 204 g/mol. The molecule has 2 bridgehead atoms. The summed E-state index contributed by atoms with van der Waals surface area (Å²) in [5.74, 6) is 1.87.